The molecule has 0 saturated carbocycles. The standard InChI is InChI=1S/C11H18N8O/c1-3-11(2,20)7-13-8-15-9(18-12)17-10(16-8)19-6-4-5-14-19/h4-6,20H,3,7,12H2,1-2H3,(H2,13,15,16,17,18). The van der Waals surface area contributed by atoms with Crippen LogP contribution in [0.3, 0.4) is 0 Å². The number of nitrogen functional groups attached to an aromatic ring is 1. The number of nitrogens with two attached hydrogens (primary N) is 1. The Labute approximate surface area is 116 Å². The summed E-state index contributed by atoms with van der Waals surface area (Å²) in [6.07, 6.45) is 3.94. The molecule has 0 aromatic carbocycles. The number of nitrogens with zero attached hydrogens (tertiary/aromatic N) is 5. The minimum Gasteiger partial charge on any atom is -0.388 e. The topological polar surface area (TPSA) is 127 Å². The van der Waals surface area contributed by atoms with Crippen LogP contribution in [0.25, 0.3) is 5.95 Å². The van der Waals surface area contributed by atoms with Crippen LogP contribution in [-0.4, -0.2) is 42.0 Å². The van der Waals surface area contributed by atoms with Crippen LogP contribution in [0.15, 0.2) is 18.5 Å². The van der Waals surface area contributed by atoms with Gasteiger partial charge in [-0.15, -0.1) is 0 Å². The SMILES string of the molecule is CCC(C)(O)CNc1nc(NN)nc(-n2cccn2)n1. The van der Waals surface area contributed by atoms with E-state index >= 15 is 0 Å². The highest BCUT2D eigenvalue weighted by molar-refractivity contribution is 5.37. The molecule has 9 heteroatoms. The van der Waals surface area contributed by atoms with Crippen LogP contribution in [-0.2, 0) is 0 Å². The van der Waals surface area contributed by atoms with Gasteiger partial charge in [0.15, 0.2) is 0 Å². The molecule has 2 rings (SSSR count). The molecule has 0 aliphatic carbocycles. The lowest BCUT2D eigenvalue weighted by Gasteiger charge is -2.21. The fraction of sp³-hybridized carbons (Fsp3) is 0.455. The molecule has 2 aromatic rings. The minimum absolute atomic E-state index is 0.212. The van der Waals surface area contributed by atoms with Crippen LogP contribution in [0.1, 0.15) is 20.3 Å². The second-order valence-corrected chi connectivity index (χ2v) is 4.58. The third-order valence-electron chi connectivity index (χ3n) is 2.85. The number of aliphatic hydroxyl groups is 1. The molecule has 2 heterocycles. The highest BCUT2D eigenvalue weighted by Crippen LogP contribution is 2.12. The summed E-state index contributed by atoms with van der Waals surface area (Å²) < 4.78 is 1.49. The van der Waals surface area contributed by atoms with Gasteiger partial charge in [0.25, 0.3) is 5.95 Å². The van der Waals surface area contributed by atoms with Crippen molar-refractivity contribution in [3.63, 3.8) is 0 Å². The molecule has 9 nitrogen and oxygen atoms in total. The molecule has 0 fully saturated rings. The van der Waals surface area contributed by atoms with Gasteiger partial charge < -0.3 is 10.4 Å². The highest BCUT2D eigenvalue weighted by Gasteiger charge is 2.18. The summed E-state index contributed by atoms with van der Waals surface area (Å²) in [5.41, 5.74) is 1.54. The molecule has 1 atom stereocenters. The Bertz CT molecular complexity index is 554. The number of hydrogen-bond donors (Lipinski definition) is 4. The second-order valence-electron chi connectivity index (χ2n) is 4.58. The fourth-order valence-electron chi connectivity index (χ4n) is 1.39. The zero-order chi connectivity index (χ0) is 14.6. The Hall–Kier alpha value is -2.26. The zero-order valence-electron chi connectivity index (χ0n) is 11.4. The lowest BCUT2D eigenvalue weighted by Crippen LogP contribution is -2.33. The van der Waals surface area contributed by atoms with Crippen LogP contribution in [0.2, 0.25) is 0 Å². The molecular formula is C11H18N8O. The summed E-state index contributed by atoms with van der Waals surface area (Å²) in [7, 11) is 0. The largest absolute Gasteiger partial charge is 0.388 e. The summed E-state index contributed by atoms with van der Waals surface area (Å²) in [6.45, 7) is 3.95. The van der Waals surface area contributed by atoms with Gasteiger partial charge in [-0.25, -0.2) is 10.5 Å². The van der Waals surface area contributed by atoms with Gasteiger partial charge in [0.05, 0.1) is 5.60 Å². The lowest BCUT2D eigenvalue weighted by atomic mass is 10.0. The maximum atomic E-state index is 9.97. The molecular weight excluding hydrogens is 260 g/mol. The van der Waals surface area contributed by atoms with Crippen molar-refractivity contribution in [3.8, 4) is 5.95 Å². The monoisotopic (exact) mass is 278 g/mol. The van der Waals surface area contributed by atoms with Crippen LogP contribution >= 0.6 is 0 Å². The number of hydrogen-bond acceptors (Lipinski definition) is 8. The normalized spacial score (nSPS) is 13.8. The van der Waals surface area contributed by atoms with Crippen LogP contribution < -0.4 is 16.6 Å². The summed E-state index contributed by atoms with van der Waals surface area (Å²) in [6, 6.07) is 1.76. The Balaban J connectivity index is 2.23. The number of aromatic nitrogens is 5. The van der Waals surface area contributed by atoms with Gasteiger partial charge in [0.2, 0.25) is 11.9 Å². The summed E-state index contributed by atoms with van der Waals surface area (Å²) >= 11 is 0. The van der Waals surface area contributed by atoms with Crippen molar-refractivity contribution >= 4 is 11.9 Å². The fourth-order valence-corrected chi connectivity index (χ4v) is 1.39. The number of nitrogens with one attached hydrogen (secondary N) is 2. The number of anilines is 2. The average molecular weight is 278 g/mol. The Kier molecular flexibility index (Phi) is 4.11. The number of rotatable bonds is 6. The van der Waals surface area contributed by atoms with Crippen molar-refractivity contribution in [2.45, 2.75) is 25.9 Å². The van der Waals surface area contributed by atoms with Gasteiger partial charge in [-0.1, -0.05) is 6.92 Å². The van der Waals surface area contributed by atoms with E-state index in [1.807, 2.05) is 6.92 Å². The first-order valence-corrected chi connectivity index (χ1v) is 6.23. The van der Waals surface area contributed by atoms with Crippen molar-refractivity contribution in [1.29, 1.82) is 0 Å². The molecule has 0 amide bonds. The molecule has 0 radical (unpaired) electrons. The smallest absolute Gasteiger partial charge is 0.257 e. The van der Waals surface area contributed by atoms with E-state index in [0.29, 0.717) is 24.9 Å². The van der Waals surface area contributed by atoms with Gasteiger partial charge in [0.1, 0.15) is 0 Å². The molecule has 20 heavy (non-hydrogen) atoms. The highest BCUT2D eigenvalue weighted by atomic mass is 16.3. The average Bonchev–Trinajstić information content (AvgIpc) is 2.99. The van der Waals surface area contributed by atoms with Crippen LogP contribution in [0, 0.1) is 0 Å². The first kappa shape index (κ1) is 14.2. The predicted octanol–water partition coefficient (Wildman–Crippen LogP) is -0.0842. The third-order valence-corrected chi connectivity index (χ3v) is 2.85. The first-order chi connectivity index (χ1) is 9.54. The molecule has 0 spiro atoms. The van der Waals surface area contributed by atoms with E-state index in [-0.39, 0.29) is 5.95 Å². The van der Waals surface area contributed by atoms with Crippen molar-refractivity contribution in [2.24, 2.45) is 5.84 Å². The van der Waals surface area contributed by atoms with Crippen LogP contribution in [0.4, 0.5) is 11.9 Å². The molecule has 0 aliphatic heterocycles. The molecule has 0 bridgehead atoms. The van der Waals surface area contributed by atoms with E-state index in [0.717, 1.165) is 0 Å². The van der Waals surface area contributed by atoms with Gasteiger partial charge in [-0.2, -0.15) is 20.1 Å². The molecule has 1 unspecified atom stereocenters. The van der Waals surface area contributed by atoms with Gasteiger partial charge in [0, 0.05) is 18.9 Å². The molecule has 5 N–H and O–H groups in total. The predicted molar refractivity (Wildman–Crippen MR) is 74.2 cm³/mol. The third kappa shape index (κ3) is 3.39. The quantitative estimate of drug-likeness (QED) is 0.426. The van der Waals surface area contributed by atoms with Gasteiger partial charge >= 0.3 is 0 Å². The van der Waals surface area contributed by atoms with Gasteiger partial charge in [-0.05, 0) is 19.4 Å². The van der Waals surface area contributed by atoms with Crippen molar-refractivity contribution in [1.82, 2.24) is 24.7 Å². The Morgan fingerprint density at radius 1 is 1.35 bits per heavy atom. The first-order valence-electron chi connectivity index (χ1n) is 6.23. The van der Waals surface area contributed by atoms with E-state index in [9.17, 15) is 5.11 Å². The van der Waals surface area contributed by atoms with Crippen molar-refractivity contribution in [2.75, 3.05) is 17.3 Å². The van der Waals surface area contributed by atoms with Crippen molar-refractivity contribution in [3.05, 3.63) is 18.5 Å². The second kappa shape index (κ2) is 5.80. The van der Waals surface area contributed by atoms with Gasteiger partial charge in [-0.3, -0.25) is 5.43 Å². The van der Waals surface area contributed by atoms with Crippen molar-refractivity contribution < 1.29 is 5.11 Å². The Morgan fingerprint density at radius 2 is 2.10 bits per heavy atom. The van der Waals surface area contributed by atoms with E-state index in [1.165, 1.54) is 4.68 Å². The molecule has 2 aromatic heterocycles. The minimum atomic E-state index is -0.838. The van der Waals surface area contributed by atoms with E-state index in [4.69, 9.17) is 5.84 Å². The summed E-state index contributed by atoms with van der Waals surface area (Å²) in [5.74, 6) is 6.19. The molecule has 0 saturated heterocycles. The molecule has 108 valence electrons. The van der Waals surface area contributed by atoms with E-state index < -0.39 is 5.60 Å². The number of hydrazine groups is 1. The van der Waals surface area contributed by atoms with E-state index in [2.05, 4.69) is 30.8 Å². The maximum absolute atomic E-state index is 9.97. The zero-order valence-corrected chi connectivity index (χ0v) is 11.4. The summed E-state index contributed by atoms with van der Waals surface area (Å²) in [5, 5.41) is 17.0. The maximum Gasteiger partial charge on any atom is 0.257 e. The lowest BCUT2D eigenvalue weighted by molar-refractivity contribution is 0.0695. The van der Waals surface area contributed by atoms with Crippen LogP contribution in [0.5, 0.6) is 0 Å². The Morgan fingerprint density at radius 3 is 2.70 bits per heavy atom. The summed E-state index contributed by atoms with van der Waals surface area (Å²) in [4.78, 5) is 12.4. The van der Waals surface area contributed by atoms with E-state index in [1.54, 1.807) is 25.4 Å². The molecule has 0 aliphatic rings.